The maximum absolute atomic E-state index is 2.29. The van der Waals surface area contributed by atoms with E-state index in [2.05, 4.69) is 19.1 Å². The van der Waals surface area contributed by atoms with Crippen molar-refractivity contribution in [1.29, 1.82) is 0 Å². The molecule has 1 aliphatic carbocycles. The Kier molecular flexibility index (Phi) is 6.82. The molecule has 0 N–H and O–H groups in total. The minimum Gasteiger partial charge on any atom is -0.0917 e. The molecule has 0 saturated heterocycles. The van der Waals surface area contributed by atoms with Crippen LogP contribution in [0.1, 0.15) is 71.1 Å². The van der Waals surface area contributed by atoms with E-state index < -0.39 is 0 Å². The van der Waals surface area contributed by atoms with Crippen molar-refractivity contribution < 1.29 is 0 Å². The molecule has 0 aromatic rings. The molecule has 0 atom stereocenters. The Morgan fingerprint density at radius 2 is 1.71 bits per heavy atom. The third kappa shape index (κ3) is 5.47. The summed E-state index contributed by atoms with van der Waals surface area (Å²) in [5.74, 6) is 1.10. The van der Waals surface area contributed by atoms with Crippen LogP contribution in [0.2, 0.25) is 0 Å². The fourth-order valence-electron chi connectivity index (χ4n) is 2.51. The molecule has 1 rings (SSSR count). The normalized spacial score (nSPS) is 18.4. The monoisotopic (exact) mass is 194 g/mol. The maximum Gasteiger partial charge on any atom is -0.0351 e. The van der Waals surface area contributed by atoms with Crippen LogP contribution in [0.4, 0.5) is 0 Å². The van der Waals surface area contributed by atoms with Gasteiger partial charge in [-0.25, -0.2) is 0 Å². The predicted molar refractivity (Wildman–Crippen MR) is 64.5 cm³/mol. The van der Waals surface area contributed by atoms with Crippen molar-refractivity contribution in [2.75, 3.05) is 0 Å². The van der Waals surface area contributed by atoms with Gasteiger partial charge in [0.15, 0.2) is 0 Å². The van der Waals surface area contributed by atoms with Gasteiger partial charge >= 0.3 is 0 Å². The molecule has 82 valence electrons. The van der Waals surface area contributed by atoms with E-state index in [-0.39, 0.29) is 0 Å². The van der Waals surface area contributed by atoms with Crippen LogP contribution in [0.5, 0.6) is 0 Å². The van der Waals surface area contributed by atoms with E-state index in [0.29, 0.717) is 0 Å². The fraction of sp³-hybridized carbons (Fsp3) is 0.857. The second-order valence-electron chi connectivity index (χ2n) is 4.71. The largest absolute Gasteiger partial charge is 0.0917 e. The summed E-state index contributed by atoms with van der Waals surface area (Å²) in [6.07, 6.45) is 19.1. The van der Waals surface area contributed by atoms with E-state index in [9.17, 15) is 0 Å². The third-order valence-electron chi connectivity index (χ3n) is 3.44. The molecule has 0 heteroatoms. The van der Waals surface area contributed by atoms with Crippen molar-refractivity contribution >= 4 is 0 Å². The van der Waals surface area contributed by atoms with Gasteiger partial charge in [0.2, 0.25) is 0 Å². The highest BCUT2D eigenvalue weighted by molar-refractivity contribution is 4.76. The zero-order chi connectivity index (χ0) is 10.1. The molecule has 0 nitrogen and oxygen atoms in total. The van der Waals surface area contributed by atoms with Gasteiger partial charge in [-0.1, -0.05) is 63.5 Å². The standard InChI is InChI=1S/C14H26/c1-2-3-4-5-6-7-8-11-14-12-9-10-13-14/h2-3,14H,4-13H2,1H3/b3-2+. The summed E-state index contributed by atoms with van der Waals surface area (Å²) >= 11 is 0. The van der Waals surface area contributed by atoms with Gasteiger partial charge in [-0.05, 0) is 25.7 Å². The minimum atomic E-state index is 1.10. The van der Waals surface area contributed by atoms with Gasteiger partial charge in [0.25, 0.3) is 0 Å². The summed E-state index contributed by atoms with van der Waals surface area (Å²) in [7, 11) is 0. The molecular formula is C14H26. The Bertz CT molecular complexity index is 140. The summed E-state index contributed by atoms with van der Waals surface area (Å²) in [5, 5.41) is 0. The molecule has 0 spiro atoms. The second-order valence-corrected chi connectivity index (χ2v) is 4.71. The Balaban J connectivity index is 1.79. The summed E-state index contributed by atoms with van der Waals surface area (Å²) in [6, 6.07) is 0. The number of allylic oxidation sites excluding steroid dienone is 2. The summed E-state index contributed by atoms with van der Waals surface area (Å²) in [5.41, 5.74) is 0. The van der Waals surface area contributed by atoms with E-state index >= 15 is 0 Å². The molecule has 0 radical (unpaired) electrons. The fourth-order valence-corrected chi connectivity index (χ4v) is 2.51. The average Bonchev–Trinajstić information content (AvgIpc) is 2.69. The Labute approximate surface area is 89.8 Å². The quantitative estimate of drug-likeness (QED) is 0.391. The van der Waals surface area contributed by atoms with Gasteiger partial charge in [0.1, 0.15) is 0 Å². The smallest absolute Gasteiger partial charge is 0.0351 e. The highest BCUT2D eigenvalue weighted by Gasteiger charge is 2.13. The lowest BCUT2D eigenvalue weighted by molar-refractivity contribution is 0.465. The summed E-state index contributed by atoms with van der Waals surface area (Å²) in [4.78, 5) is 0. The number of hydrogen-bond acceptors (Lipinski definition) is 0. The maximum atomic E-state index is 2.29. The van der Waals surface area contributed by atoms with Gasteiger partial charge in [0, 0.05) is 0 Å². The molecule has 0 unspecified atom stereocenters. The molecule has 0 aromatic heterocycles. The van der Waals surface area contributed by atoms with Gasteiger partial charge in [-0.2, -0.15) is 0 Å². The van der Waals surface area contributed by atoms with Crippen LogP contribution in [0.3, 0.4) is 0 Å². The molecule has 1 saturated carbocycles. The van der Waals surface area contributed by atoms with Crippen molar-refractivity contribution in [3.63, 3.8) is 0 Å². The molecule has 1 fully saturated rings. The topological polar surface area (TPSA) is 0 Å². The van der Waals surface area contributed by atoms with Gasteiger partial charge in [-0.15, -0.1) is 0 Å². The van der Waals surface area contributed by atoms with Crippen molar-refractivity contribution in [2.45, 2.75) is 71.1 Å². The van der Waals surface area contributed by atoms with Crippen molar-refractivity contribution in [1.82, 2.24) is 0 Å². The number of hydrogen-bond donors (Lipinski definition) is 0. The Hall–Kier alpha value is -0.260. The number of unbranched alkanes of at least 4 members (excludes halogenated alkanes) is 4. The first kappa shape index (κ1) is 11.8. The van der Waals surface area contributed by atoms with Crippen molar-refractivity contribution in [3.05, 3.63) is 12.2 Å². The van der Waals surface area contributed by atoms with Crippen LogP contribution in [0, 0.1) is 5.92 Å². The lowest BCUT2D eigenvalue weighted by Crippen LogP contribution is -1.92. The molecule has 14 heavy (non-hydrogen) atoms. The third-order valence-corrected chi connectivity index (χ3v) is 3.44. The van der Waals surface area contributed by atoms with Crippen LogP contribution in [0.25, 0.3) is 0 Å². The van der Waals surface area contributed by atoms with Gasteiger partial charge in [0.05, 0.1) is 0 Å². The summed E-state index contributed by atoms with van der Waals surface area (Å²) < 4.78 is 0. The lowest BCUT2D eigenvalue weighted by atomic mass is 9.99. The van der Waals surface area contributed by atoms with E-state index in [1.54, 1.807) is 0 Å². The van der Waals surface area contributed by atoms with Gasteiger partial charge in [-0.3, -0.25) is 0 Å². The van der Waals surface area contributed by atoms with Crippen LogP contribution in [0.15, 0.2) is 12.2 Å². The molecular weight excluding hydrogens is 168 g/mol. The molecule has 0 amide bonds. The first-order valence-corrected chi connectivity index (χ1v) is 6.54. The van der Waals surface area contributed by atoms with E-state index in [1.807, 2.05) is 0 Å². The predicted octanol–water partition coefficient (Wildman–Crippen LogP) is 5.09. The molecule has 0 aliphatic heterocycles. The zero-order valence-electron chi connectivity index (χ0n) is 9.80. The molecule has 0 bridgehead atoms. The zero-order valence-corrected chi connectivity index (χ0v) is 9.80. The van der Waals surface area contributed by atoms with Crippen molar-refractivity contribution in [2.24, 2.45) is 5.92 Å². The van der Waals surface area contributed by atoms with Crippen LogP contribution >= 0.6 is 0 Å². The van der Waals surface area contributed by atoms with Crippen LogP contribution < -0.4 is 0 Å². The van der Waals surface area contributed by atoms with E-state index in [1.165, 1.54) is 64.2 Å². The SMILES string of the molecule is C/C=C/CCCCCCC1CCCC1. The highest BCUT2D eigenvalue weighted by Crippen LogP contribution is 2.29. The molecule has 0 heterocycles. The molecule has 1 aliphatic rings. The molecule has 0 aromatic carbocycles. The van der Waals surface area contributed by atoms with E-state index in [4.69, 9.17) is 0 Å². The number of rotatable bonds is 7. The first-order valence-electron chi connectivity index (χ1n) is 6.54. The summed E-state index contributed by atoms with van der Waals surface area (Å²) in [6.45, 7) is 2.11. The lowest BCUT2D eigenvalue weighted by Gasteiger charge is -2.07. The second kappa shape index (κ2) is 8.08. The van der Waals surface area contributed by atoms with Crippen molar-refractivity contribution in [3.8, 4) is 0 Å². The first-order chi connectivity index (χ1) is 6.93. The van der Waals surface area contributed by atoms with Crippen LogP contribution in [-0.2, 0) is 0 Å². The highest BCUT2D eigenvalue weighted by atomic mass is 14.2. The average molecular weight is 194 g/mol. The van der Waals surface area contributed by atoms with E-state index in [0.717, 1.165) is 5.92 Å². The minimum absolute atomic E-state index is 1.10. The Morgan fingerprint density at radius 3 is 2.43 bits per heavy atom. The Morgan fingerprint density at radius 1 is 1.00 bits per heavy atom. The van der Waals surface area contributed by atoms with Gasteiger partial charge < -0.3 is 0 Å². The van der Waals surface area contributed by atoms with Crippen LogP contribution in [-0.4, -0.2) is 0 Å².